The number of quaternary nitrogens is 1. The van der Waals surface area contributed by atoms with Gasteiger partial charge in [0.1, 0.15) is 6.54 Å². The van der Waals surface area contributed by atoms with Crippen LogP contribution in [-0.4, -0.2) is 37.7 Å². The van der Waals surface area contributed by atoms with Crippen LogP contribution in [-0.2, 0) is 11.3 Å². The summed E-state index contributed by atoms with van der Waals surface area (Å²) in [6.07, 6.45) is 6.46. The smallest absolute Gasteiger partial charge is 0.279 e. The van der Waals surface area contributed by atoms with Crippen molar-refractivity contribution in [2.75, 3.05) is 25.2 Å². The summed E-state index contributed by atoms with van der Waals surface area (Å²) >= 11 is 1.72. The van der Waals surface area contributed by atoms with E-state index in [1.807, 2.05) is 19.2 Å². The first-order valence-corrected chi connectivity index (χ1v) is 11.4. The van der Waals surface area contributed by atoms with Gasteiger partial charge >= 0.3 is 0 Å². The molecule has 0 saturated heterocycles. The molecule has 154 valence electrons. The Balaban J connectivity index is 1.56. The van der Waals surface area contributed by atoms with Crippen LogP contribution in [0.5, 0.6) is 0 Å². The van der Waals surface area contributed by atoms with Crippen LogP contribution in [0.4, 0.5) is 5.69 Å². The molecule has 5 nitrogen and oxygen atoms in total. The van der Waals surface area contributed by atoms with E-state index in [2.05, 4.69) is 41.2 Å². The van der Waals surface area contributed by atoms with Gasteiger partial charge in [-0.1, -0.05) is 37.1 Å². The predicted octanol–water partition coefficient (Wildman–Crippen LogP) is 2.73. The molecule has 2 amide bonds. The monoisotopic (exact) mass is 412 g/mol. The molecule has 1 unspecified atom stereocenters. The lowest BCUT2D eigenvalue weighted by Gasteiger charge is -2.17. The van der Waals surface area contributed by atoms with E-state index in [1.165, 1.54) is 23.3 Å². The van der Waals surface area contributed by atoms with Gasteiger partial charge in [0.25, 0.3) is 11.8 Å². The van der Waals surface area contributed by atoms with Gasteiger partial charge in [-0.3, -0.25) is 9.59 Å². The summed E-state index contributed by atoms with van der Waals surface area (Å²) in [7, 11) is 2.00. The number of amides is 2. The number of thioether (sulfide) groups is 1. The molecule has 3 rings (SSSR count). The first-order chi connectivity index (χ1) is 14.0. The van der Waals surface area contributed by atoms with Crippen LogP contribution in [0, 0.1) is 0 Å². The van der Waals surface area contributed by atoms with Gasteiger partial charge in [-0.05, 0) is 43.4 Å². The number of hydrogen-bond donors (Lipinski definition) is 3. The van der Waals surface area contributed by atoms with Crippen molar-refractivity contribution in [3.05, 3.63) is 59.7 Å². The Bertz CT molecular complexity index is 832. The second-order valence-corrected chi connectivity index (χ2v) is 8.59. The van der Waals surface area contributed by atoms with Gasteiger partial charge in [-0.15, -0.1) is 11.8 Å². The maximum absolute atomic E-state index is 12.6. The highest BCUT2D eigenvalue weighted by Crippen LogP contribution is 2.20. The zero-order chi connectivity index (χ0) is 20.6. The van der Waals surface area contributed by atoms with E-state index < -0.39 is 0 Å². The van der Waals surface area contributed by atoms with Crippen LogP contribution in [0.1, 0.15) is 41.6 Å². The Morgan fingerprint density at radius 1 is 1.07 bits per heavy atom. The molecule has 0 aromatic heterocycles. The Morgan fingerprint density at radius 3 is 2.45 bits per heavy atom. The third kappa shape index (κ3) is 6.34. The molecule has 1 saturated carbocycles. The SMILES string of the molecule is CSc1ccc(C[NH+](C)CC(=O)Nc2ccccc2C(=O)NC2CCCC2)cc1. The van der Waals surface area contributed by atoms with Gasteiger partial charge in [-0.2, -0.15) is 0 Å². The second-order valence-electron chi connectivity index (χ2n) is 7.71. The lowest BCUT2D eigenvalue weighted by molar-refractivity contribution is -0.885. The number of nitrogens with one attached hydrogen (secondary N) is 3. The molecule has 1 fully saturated rings. The number of carbonyl (C=O) groups is 2. The van der Waals surface area contributed by atoms with E-state index in [0.29, 0.717) is 17.8 Å². The van der Waals surface area contributed by atoms with E-state index in [9.17, 15) is 9.59 Å². The molecule has 1 aliphatic carbocycles. The fraction of sp³-hybridized carbons (Fsp3) is 0.391. The zero-order valence-corrected chi connectivity index (χ0v) is 18.0. The molecule has 3 N–H and O–H groups in total. The highest BCUT2D eigenvalue weighted by atomic mass is 32.2. The minimum absolute atomic E-state index is 0.0932. The quantitative estimate of drug-likeness (QED) is 0.584. The Morgan fingerprint density at radius 2 is 1.76 bits per heavy atom. The summed E-state index contributed by atoms with van der Waals surface area (Å²) in [5.41, 5.74) is 2.30. The van der Waals surface area contributed by atoms with E-state index in [1.54, 1.807) is 23.9 Å². The van der Waals surface area contributed by atoms with Gasteiger partial charge in [0.2, 0.25) is 0 Å². The van der Waals surface area contributed by atoms with Gasteiger partial charge in [-0.25, -0.2) is 0 Å². The summed E-state index contributed by atoms with van der Waals surface area (Å²) in [6.45, 7) is 1.11. The molecule has 0 radical (unpaired) electrons. The third-order valence-corrected chi connectivity index (χ3v) is 6.01. The number of benzene rings is 2. The molecule has 29 heavy (non-hydrogen) atoms. The molecule has 2 aromatic rings. The maximum atomic E-state index is 12.6. The van der Waals surface area contributed by atoms with Crippen LogP contribution < -0.4 is 15.5 Å². The molecular formula is C23H30N3O2S+. The van der Waals surface area contributed by atoms with Crippen molar-refractivity contribution >= 4 is 29.3 Å². The Hall–Kier alpha value is -2.31. The minimum Gasteiger partial charge on any atom is -0.349 e. The molecule has 0 aliphatic heterocycles. The summed E-state index contributed by atoms with van der Waals surface area (Å²) in [5.74, 6) is -0.202. The summed E-state index contributed by atoms with van der Waals surface area (Å²) in [5, 5.41) is 6.02. The number of anilines is 1. The lowest BCUT2D eigenvalue weighted by Crippen LogP contribution is -3.08. The Kier molecular flexibility index (Phi) is 7.72. The average molecular weight is 413 g/mol. The van der Waals surface area contributed by atoms with Gasteiger partial charge in [0.05, 0.1) is 18.3 Å². The lowest BCUT2D eigenvalue weighted by atomic mass is 10.1. The fourth-order valence-corrected chi connectivity index (χ4v) is 4.15. The summed E-state index contributed by atoms with van der Waals surface area (Å²) < 4.78 is 0. The van der Waals surface area contributed by atoms with Crippen molar-refractivity contribution in [2.45, 2.75) is 43.2 Å². The summed E-state index contributed by atoms with van der Waals surface area (Å²) in [4.78, 5) is 27.5. The second kappa shape index (κ2) is 10.5. The third-order valence-electron chi connectivity index (χ3n) is 5.26. The number of carbonyl (C=O) groups excluding carboxylic acids is 2. The predicted molar refractivity (Wildman–Crippen MR) is 118 cm³/mol. The topological polar surface area (TPSA) is 62.6 Å². The van der Waals surface area contributed by atoms with Crippen LogP contribution >= 0.6 is 11.8 Å². The first kappa shape index (κ1) is 21.4. The number of hydrogen-bond acceptors (Lipinski definition) is 3. The maximum Gasteiger partial charge on any atom is 0.279 e. The molecule has 2 aromatic carbocycles. The van der Waals surface area contributed by atoms with Crippen molar-refractivity contribution in [2.24, 2.45) is 0 Å². The molecule has 0 bridgehead atoms. The average Bonchev–Trinajstić information content (AvgIpc) is 3.21. The molecule has 1 atom stereocenters. The number of para-hydroxylation sites is 1. The van der Waals surface area contributed by atoms with Crippen LogP contribution in [0.25, 0.3) is 0 Å². The standard InChI is InChI=1S/C23H29N3O2S/c1-26(15-17-11-13-19(29-2)14-12-17)16-22(27)25-21-10-6-5-9-20(21)23(28)24-18-7-3-4-8-18/h5-6,9-14,18H,3-4,7-8,15-16H2,1-2H3,(H,24,28)(H,25,27)/p+1. The molecular weight excluding hydrogens is 382 g/mol. The molecule has 6 heteroatoms. The van der Waals surface area contributed by atoms with Crippen molar-refractivity contribution in [1.29, 1.82) is 0 Å². The van der Waals surface area contributed by atoms with Crippen LogP contribution in [0.2, 0.25) is 0 Å². The molecule has 1 aliphatic rings. The first-order valence-electron chi connectivity index (χ1n) is 10.2. The van der Waals surface area contributed by atoms with Crippen molar-refractivity contribution in [3.8, 4) is 0 Å². The summed E-state index contributed by atoms with van der Waals surface area (Å²) in [6, 6.07) is 15.9. The van der Waals surface area contributed by atoms with Gasteiger partial charge in [0.15, 0.2) is 6.54 Å². The largest absolute Gasteiger partial charge is 0.349 e. The highest BCUT2D eigenvalue weighted by Gasteiger charge is 2.20. The van der Waals surface area contributed by atoms with Gasteiger partial charge in [0, 0.05) is 16.5 Å². The number of likely N-dealkylation sites (N-methyl/N-ethyl adjacent to an activating group) is 1. The Labute approximate surface area is 177 Å². The van der Waals surface area contributed by atoms with Crippen LogP contribution in [0.3, 0.4) is 0 Å². The number of rotatable bonds is 8. The van der Waals surface area contributed by atoms with E-state index in [-0.39, 0.29) is 17.9 Å². The molecule has 0 spiro atoms. The zero-order valence-electron chi connectivity index (χ0n) is 17.2. The normalized spacial score (nSPS) is 15.1. The molecule has 0 heterocycles. The fourth-order valence-electron chi connectivity index (χ4n) is 3.75. The highest BCUT2D eigenvalue weighted by molar-refractivity contribution is 7.98. The van der Waals surface area contributed by atoms with Crippen LogP contribution in [0.15, 0.2) is 53.4 Å². The van der Waals surface area contributed by atoms with E-state index >= 15 is 0 Å². The van der Waals surface area contributed by atoms with E-state index in [4.69, 9.17) is 0 Å². The van der Waals surface area contributed by atoms with E-state index in [0.717, 1.165) is 24.3 Å². The van der Waals surface area contributed by atoms with Gasteiger partial charge < -0.3 is 15.5 Å². The van der Waals surface area contributed by atoms with Crippen molar-refractivity contribution in [3.63, 3.8) is 0 Å². The van der Waals surface area contributed by atoms with Crippen molar-refractivity contribution < 1.29 is 14.5 Å². The minimum atomic E-state index is -0.109. The van der Waals surface area contributed by atoms with Crippen molar-refractivity contribution in [1.82, 2.24) is 5.32 Å².